The summed E-state index contributed by atoms with van der Waals surface area (Å²) in [6, 6.07) is 5.41. The molecule has 0 saturated heterocycles. The summed E-state index contributed by atoms with van der Waals surface area (Å²) < 4.78 is 5.14. The van der Waals surface area contributed by atoms with Gasteiger partial charge in [-0.1, -0.05) is 12.1 Å². The number of hydrogen-bond acceptors (Lipinski definition) is 2. The average molecular weight is 205 g/mol. The molecule has 1 amide bonds. The summed E-state index contributed by atoms with van der Waals surface area (Å²) in [7, 11) is 1.59. The summed E-state index contributed by atoms with van der Waals surface area (Å²) in [5, 5.41) is 2.67. The molecule has 3 nitrogen and oxygen atoms in total. The Balaban J connectivity index is 2.98. The zero-order valence-corrected chi connectivity index (χ0v) is 9.20. The van der Waals surface area contributed by atoms with Crippen LogP contribution in [0.3, 0.4) is 0 Å². The van der Waals surface area contributed by atoms with Gasteiger partial charge in [-0.05, 0) is 32.2 Å². The highest BCUT2D eigenvalue weighted by Gasteiger charge is 2.10. The third-order valence-electron chi connectivity index (χ3n) is 2.13. The summed E-state index contributed by atoms with van der Waals surface area (Å²) in [5.74, 6) is 0.604. The zero-order chi connectivity index (χ0) is 11.3. The van der Waals surface area contributed by atoms with Gasteiger partial charge in [0.25, 0.3) is 5.91 Å². The number of amides is 1. The van der Waals surface area contributed by atoms with Gasteiger partial charge in [0.05, 0.1) is 7.11 Å². The lowest BCUT2D eigenvalue weighted by Crippen LogP contribution is -2.18. The number of ether oxygens (including phenoxy) is 1. The molecule has 0 aliphatic carbocycles. The molecule has 0 aliphatic rings. The Hall–Kier alpha value is -1.77. The molecule has 0 atom stereocenters. The first-order chi connectivity index (χ1) is 7.20. The molecular formula is C12H15NO2. The molecule has 0 fully saturated rings. The van der Waals surface area contributed by atoms with Crippen LogP contribution in [0.1, 0.15) is 22.8 Å². The van der Waals surface area contributed by atoms with Gasteiger partial charge in [0.1, 0.15) is 5.75 Å². The van der Waals surface area contributed by atoms with Crippen molar-refractivity contribution >= 4 is 5.91 Å². The van der Waals surface area contributed by atoms with Crippen molar-refractivity contribution in [3.63, 3.8) is 0 Å². The van der Waals surface area contributed by atoms with Crippen molar-refractivity contribution in [2.24, 2.45) is 0 Å². The number of rotatable bonds is 3. The Kier molecular flexibility index (Phi) is 3.92. The minimum atomic E-state index is -0.121. The number of nitrogens with one attached hydrogen (secondary N) is 1. The Morgan fingerprint density at radius 3 is 2.80 bits per heavy atom. The van der Waals surface area contributed by atoms with E-state index in [2.05, 4.69) is 5.32 Å². The van der Waals surface area contributed by atoms with Gasteiger partial charge in [-0.3, -0.25) is 4.79 Å². The average Bonchev–Trinajstić information content (AvgIpc) is 2.26. The SMILES string of the molecule is C/C=C\NC(=O)c1cccc(OC)c1C. The number of carbonyl (C=O) groups is 1. The maximum atomic E-state index is 11.7. The maximum Gasteiger partial charge on any atom is 0.255 e. The first-order valence-electron chi connectivity index (χ1n) is 4.76. The number of benzene rings is 1. The third-order valence-corrected chi connectivity index (χ3v) is 2.13. The molecule has 0 aromatic heterocycles. The lowest BCUT2D eigenvalue weighted by molar-refractivity contribution is 0.0969. The molecule has 1 aromatic rings. The van der Waals surface area contributed by atoms with Crippen LogP contribution < -0.4 is 10.1 Å². The first-order valence-corrected chi connectivity index (χ1v) is 4.76. The lowest BCUT2D eigenvalue weighted by Gasteiger charge is -2.08. The highest BCUT2D eigenvalue weighted by atomic mass is 16.5. The largest absolute Gasteiger partial charge is 0.496 e. The van der Waals surface area contributed by atoms with Gasteiger partial charge in [-0.2, -0.15) is 0 Å². The van der Waals surface area contributed by atoms with Crippen LogP contribution in [0.25, 0.3) is 0 Å². The molecule has 0 spiro atoms. The van der Waals surface area contributed by atoms with E-state index in [1.165, 1.54) is 0 Å². The molecule has 80 valence electrons. The molecule has 0 radical (unpaired) electrons. The molecule has 0 unspecified atom stereocenters. The standard InChI is InChI=1S/C12H15NO2/c1-4-8-13-12(14)10-6-5-7-11(15-3)9(10)2/h4-8H,1-3H3,(H,13,14)/b8-4-. The van der Waals surface area contributed by atoms with Crippen molar-refractivity contribution in [3.05, 3.63) is 41.6 Å². The second-order valence-electron chi connectivity index (χ2n) is 3.11. The predicted molar refractivity (Wildman–Crippen MR) is 60.0 cm³/mol. The zero-order valence-electron chi connectivity index (χ0n) is 9.20. The van der Waals surface area contributed by atoms with Crippen molar-refractivity contribution in [1.82, 2.24) is 5.32 Å². The monoisotopic (exact) mass is 205 g/mol. The quantitative estimate of drug-likeness (QED) is 0.822. The van der Waals surface area contributed by atoms with Crippen LogP contribution in [-0.4, -0.2) is 13.0 Å². The summed E-state index contributed by atoms with van der Waals surface area (Å²) in [4.78, 5) is 11.7. The summed E-state index contributed by atoms with van der Waals surface area (Å²) in [6.45, 7) is 3.71. The van der Waals surface area contributed by atoms with E-state index in [1.807, 2.05) is 19.9 Å². The number of methoxy groups -OCH3 is 1. The van der Waals surface area contributed by atoms with Crippen molar-refractivity contribution < 1.29 is 9.53 Å². The molecule has 0 heterocycles. The van der Waals surface area contributed by atoms with Crippen LogP contribution in [0, 0.1) is 6.92 Å². The van der Waals surface area contributed by atoms with E-state index >= 15 is 0 Å². The Morgan fingerprint density at radius 2 is 2.20 bits per heavy atom. The van der Waals surface area contributed by atoms with E-state index in [9.17, 15) is 4.79 Å². The molecule has 1 aromatic carbocycles. The highest BCUT2D eigenvalue weighted by molar-refractivity contribution is 5.96. The molecule has 0 bridgehead atoms. The lowest BCUT2D eigenvalue weighted by atomic mass is 10.1. The second kappa shape index (κ2) is 5.20. The summed E-state index contributed by atoms with van der Waals surface area (Å²) >= 11 is 0. The molecule has 1 rings (SSSR count). The molecule has 0 aliphatic heterocycles. The minimum Gasteiger partial charge on any atom is -0.496 e. The van der Waals surface area contributed by atoms with Gasteiger partial charge in [0.2, 0.25) is 0 Å². The normalized spacial score (nSPS) is 10.3. The van der Waals surface area contributed by atoms with Crippen LogP contribution in [-0.2, 0) is 0 Å². The van der Waals surface area contributed by atoms with E-state index in [-0.39, 0.29) is 5.91 Å². The van der Waals surface area contributed by atoms with Crippen LogP contribution in [0.2, 0.25) is 0 Å². The molecule has 15 heavy (non-hydrogen) atoms. The van der Waals surface area contributed by atoms with E-state index in [1.54, 1.807) is 31.5 Å². The number of carbonyl (C=O) groups excluding carboxylic acids is 1. The van der Waals surface area contributed by atoms with Gasteiger partial charge in [0, 0.05) is 11.1 Å². The van der Waals surface area contributed by atoms with E-state index < -0.39 is 0 Å². The fourth-order valence-electron chi connectivity index (χ4n) is 1.32. The minimum absolute atomic E-state index is 0.121. The van der Waals surface area contributed by atoms with Crippen molar-refractivity contribution in [2.75, 3.05) is 7.11 Å². The van der Waals surface area contributed by atoms with Crippen LogP contribution in [0.5, 0.6) is 5.75 Å². The predicted octanol–water partition coefficient (Wildman–Crippen LogP) is 2.27. The maximum absolute atomic E-state index is 11.7. The van der Waals surface area contributed by atoms with Gasteiger partial charge < -0.3 is 10.1 Å². The molecule has 1 N–H and O–H groups in total. The van der Waals surface area contributed by atoms with Crippen molar-refractivity contribution in [2.45, 2.75) is 13.8 Å². The molecule has 0 saturated carbocycles. The van der Waals surface area contributed by atoms with E-state index in [0.29, 0.717) is 5.56 Å². The van der Waals surface area contributed by atoms with Crippen LogP contribution in [0.15, 0.2) is 30.5 Å². The fraction of sp³-hybridized carbons (Fsp3) is 0.250. The van der Waals surface area contributed by atoms with Gasteiger partial charge in [-0.25, -0.2) is 0 Å². The Morgan fingerprint density at radius 1 is 1.47 bits per heavy atom. The molecule has 3 heteroatoms. The second-order valence-corrected chi connectivity index (χ2v) is 3.11. The van der Waals surface area contributed by atoms with E-state index in [4.69, 9.17) is 4.74 Å². The topological polar surface area (TPSA) is 38.3 Å². The van der Waals surface area contributed by atoms with Crippen molar-refractivity contribution in [1.29, 1.82) is 0 Å². The summed E-state index contributed by atoms with van der Waals surface area (Å²) in [6.07, 6.45) is 3.38. The number of allylic oxidation sites excluding steroid dienone is 1. The van der Waals surface area contributed by atoms with Crippen LogP contribution in [0.4, 0.5) is 0 Å². The van der Waals surface area contributed by atoms with Gasteiger partial charge in [-0.15, -0.1) is 0 Å². The number of hydrogen-bond donors (Lipinski definition) is 1. The van der Waals surface area contributed by atoms with Gasteiger partial charge in [0.15, 0.2) is 0 Å². The third kappa shape index (κ3) is 2.59. The highest BCUT2D eigenvalue weighted by Crippen LogP contribution is 2.20. The summed E-state index contributed by atoms with van der Waals surface area (Å²) in [5.41, 5.74) is 1.48. The van der Waals surface area contributed by atoms with Crippen LogP contribution >= 0.6 is 0 Å². The first kappa shape index (κ1) is 11.3. The fourth-order valence-corrected chi connectivity index (χ4v) is 1.32. The van der Waals surface area contributed by atoms with Gasteiger partial charge >= 0.3 is 0 Å². The van der Waals surface area contributed by atoms with E-state index in [0.717, 1.165) is 11.3 Å². The smallest absolute Gasteiger partial charge is 0.255 e. The Labute approximate surface area is 89.8 Å². The van der Waals surface area contributed by atoms with Crippen molar-refractivity contribution in [3.8, 4) is 5.75 Å². The Bertz CT molecular complexity index is 383. The molecular weight excluding hydrogens is 190 g/mol.